The molecule has 0 radical (unpaired) electrons. The van der Waals surface area contributed by atoms with Crippen molar-refractivity contribution < 1.29 is 9.84 Å². The molecule has 0 saturated heterocycles. The first kappa shape index (κ1) is 21.3. The minimum Gasteiger partial charge on any atom is -0.491 e. The van der Waals surface area contributed by atoms with Crippen LogP contribution >= 0.6 is 12.4 Å². The summed E-state index contributed by atoms with van der Waals surface area (Å²) in [4.78, 5) is 2.16. The van der Waals surface area contributed by atoms with Gasteiger partial charge in [0.1, 0.15) is 5.75 Å². The maximum atomic E-state index is 11.6. The number of ether oxygens (including phenoxy) is 1. The highest BCUT2D eigenvalue weighted by Crippen LogP contribution is 2.42. The number of halogens is 1. The second-order valence-corrected chi connectivity index (χ2v) is 7.50. The molecule has 0 amide bonds. The lowest BCUT2D eigenvalue weighted by atomic mass is 9.71. The first-order valence-corrected chi connectivity index (χ1v) is 9.06. The van der Waals surface area contributed by atoms with E-state index in [4.69, 9.17) is 4.74 Å². The third kappa shape index (κ3) is 5.65. The summed E-state index contributed by atoms with van der Waals surface area (Å²) < 4.78 is 5.74. The Morgan fingerprint density at radius 3 is 2.21 bits per heavy atom. The molecule has 1 saturated carbocycles. The molecule has 1 aliphatic carbocycles. The van der Waals surface area contributed by atoms with Crippen molar-refractivity contribution in [1.82, 2.24) is 4.90 Å². The van der Waals surface area contributed by atoms with Crippen molar-refractivity contribution in [1.29, 1.82) is 0 Å². The molecule has 0 bridgehead atoms. The van der Waals surface area contributed by atoms with Crippen LogP contribution in [0.15, 0.2) is 24.3 Å². The predicted molar refractivity (Wildman–Crippen MR) is 103 cm³/mol. The van der Waals surface area contributed by atoms with Crippen LogP contribution in [0, 0.1) is 5.92 Å². The van der Waals surface area contributed by atoms with Crippen molar-refractivity contribution in [3.63, 3.8) is 0 Å². The van der Waals surface area contributed by atoms with Gasteiger partial charge in [-0.05, 0) is 70.8 Å². The number of benzene rings is 1. The Balaban J connectivity index is 0.00000288. The van der Waals surface area contributed by atoms with Crippen LogP contribution in [-0.2, 0) is 5.60 Å². The molecule has 1 fully saturated rings. The van der Waals surface area contributed by atoms with Gasteiger partial charge in [0.05, 0.1) is 11.7 Å². The second-order valence-electron chi connectivity index (χ2n) is 7.50. The highest BCUT2D eigenvalue weighted by Gasteiger charge is 2.38. The van der Waals surface area contributed by atoms with Gasteiger partial charge < -0.3 is 14.7 Å². The molecular formula is C20H34ClNO2. The van der Waals surface area contributed by atoms with E-state index in [9.17, 15) is 5.11 Å². The minimum absolute atomic E-state index is 0. The Morgan fingerprint density at radius 1 is 1.12 bits per heavy atom. The fraction of sp³-hybridized carbons (Fsp3) is 0.700. The smallest absolute Gasteiger partial charge is 0.119 e. The Labute approximate surface area is 153 Å². The van der Waals surface area contributed by atoms with Gasteiger partial charge in [-0.3, -0.25) is 0 Å². The lowest BCUT2D eigenvalue weighted by Crippen LogP contribution is -2.39. The van der Waals surface area contributed by atoms with Crippen molar-refractivity contribution >= 4 is 12.4 Å². The van der Waals surface area contributed by atoms with E-state index in [0.717, 1.165) is 37.1 Å². The fourth-order valence-corrected chi connectivity index (χ4v) is 3.65. The highest BCUT2D eigenvalue weighted by atomic mass is 35.5. The number of hydrogen-bond donors (Lipinski definition) is 1. The van der Waals surface area contributed by atoms with Gasteiger partial charge in [0, 0.05) is 6.54 Å². The molecule has 24 heavy (non-hydrogen) atoms. The van der Waals surface area contributed by atoms with Gasteiger partial charge in [0.2, 0.25) is 0 Å². The molecule has 138 valence electrons. The summed E-state index contributed by atoms with van der Waals surface area (Å²) in [6.45, 7) is 4.96. The van der Waals surface area contributed by atoms with Crippen molar-refractivity contribution in [2.24, 2.45) is 5.92 Å². The normalized spacial score (nSPS) is 18.3. The highest BCUT2D eigenvalue weighted by molar-refractivity contribution is 5.85. The summed E-state index contributed by atoms with van der Waals surface area (Å²) in [6, 6.07) is 8.11. The lowest BCUT2D eigenvalue weighted by Gasteiger charge is -2.40. The number of rotatable bonds is 7. The molecule has 3 nitrogen and oxygen atoms in total. The number of hydrogen-bond acceptors (Lipinski definition) is 3. The number of nitrogens with zero attached hydrogens (tertiary/aromatic N) is 1. The molecule has 0 aliphatic heterocycles. The molecule has 0 spiro atoms. The molecule has 1 atom stereocenters. The van der Waals surface area contributed by atoms with Crippen LogP contribution in [0.25, 0.3) is 0 Å². The van der Waals surface area contributed by atoms with Crippen LogP contribution in [0.4, 0.5) is 0 Å². The molecule has 1 unspecified atom stereocenters. The van der Waals surface area contributed by atoms with Gasteiger partial charge in [0.15, 0.2) is 0 Å². The van der Waals surface area contributed by atoms with Crippen LogP contribution < -0.4 is 4.74 Å². The van der Waals surface area contributed by atoms with Crippen molar-refractivity contribution in [3.8, 4) is 5.75 Å². The zero-order valence-corrected chi connectivity index (χ0v) is 16.4. The molecule has 4 heteroatoms. The Kier molecular flexibility index (Phi) is 8.55. The van der Waals surface area contributed by atoms with Gasteiger partial charge in [0.25, 0.3) is 0 Å². The van der Waals surface area contributed by atoms with Crippen LogP contribution in [0.1, 0.15) is 57.9 Å². The van der Waals surface area contributed by atoms with E-state index in [1.807, 2.05) is 26.0 Å². The molecule has 1 aromatic rings. The summed E-state index contributed by atoms with van der Waals surface area (Å²) in [5, 5.41) is 11.6. The maximum absolute atomic E-state index is 11.6. The second kappa shape index (κ2) is 9.65. The van der Waals surface area contributed by atoms with Crippen LogP contribution in [0.3, 0.4) is 0 Å². The molecule has 1 aliphatic rings. The van der Waals surface area contributed by atoms with E-state index in [1.54, 1.807) is 0 Å². The molecular weight excluding hydrogens is 322 g/mol. The van der Waals surface area contributed by atoms with E-state index in [-0.39, 0.29) is 18.5 Å². The molecule has 1 N–H and O–H groups in total. The quantitative estimate of drug-likeness (QED) is 0.774. The van der Waals surface area contributed by atoms with Gasteiger partial charge >= 0.3 is 0 Å². The van der Waals surface area contributed by atoms with Gasteiger partial charge in [-0.2, -0.15) is 0 Å². The Morgan fingerprint density at radius 2 is 1.71 bits per heavy atom. The third-order valence-corrected chi connectivity index (χ3v) is 4.95. The Hall–Kier alpha value is -0.770. The van der Waals surface area contributed by atoms with Crippen molar-refractivity contribution in [2.75, 3.05) is 20.6 Å². The van der Waals surface area contributed by atoms with E-state index >= 15 is 0 Å². The average Bonchev–Trinajstić information content (AvgIpc) is 2.53. The summed E-state index contributed by atoms with van der Waals surface area (Å²) in [6.07, 6.45) is 7.01. The number of aliphatic hydroxyl groups is 1. The van der Waals surface area contributed by atoms with Gasteiger partial charge in [-0.1, -0.05) is 31.4 Å². The summed E-state index contributed by atoms with van der Waals surface area (Å²) in [5.41, 5.74) is 0.323. The zero-order valence-electron chi connectivity index (χ0n) is 15.6. The van der Waals surface area contributed by atoms with E-state index in [0.29, 0.717) is 5.92 Å². The first-order valence-electron chi connectivity index (χ1n) is 9.06. The van der Waals surface area contributed by atoms with Crippen molar-refractivity contribution in [2.45, 2.75) is 64.1 Å². The molecule has 0 aromatic heterocycles. The summed E-state index contributed by atoms with van der Waals surface area (Å²) in [5.74, 6) is 1.25. The van der Waals surface area contributed by atoms with E-state index in [1.165, 1.54) is 19.3 Å². The fourth-order valence-electron chi connectivity index (χ4n) is 3.65. The first-order chi connectivity index (χ1) is 10.9. The van der Waals surface area contributed by atoms with Crippen LogP contribution in [0.5, 0.6) is 5.75 Å². The minimum atomic E-state index is -0.721. The molecule has 2 rings (SSSR count). The topological polar surface area (TPSA) is 32.7 Å². The van der Waals surface area contributed by atoms with E-state index < -0.39 is 5.60 Å². The summed E-state index contributed by atoms with van der Waals surface area (Å²) in [7, 11) is 4.14. The predicted octanol–water partition coefficient (Wildman–Crippen LogP) is 4.62. The SMILES string of the molecule is CC(C)Oc1ccc(C(O)(CCN(C)C)C2CCCCC2)cc1.Cl. The van der Waals surface area contributed by atoms with Crippen LogP contribution in [0.2, 0.25) is 0 Å². The zero-order chi connectivity index (χ0) is 16.9. The lowest BCUT2D eigenvalue weighted by molar-refractivity contribution is -0.0500. The summed E-state index contributed by atoms with van der Waals surface area (Å²) >= 11 is 0. The van der Waals surface area contributed by atoms with Gasteiger partial charge in [-0.25, -0.2) is 0 Å². The van der Waals surface area contributed by atoms with Gasteiger partial charge in [-0.15, -0.1) is 12.4 Å². The Bertz CT molecular complexity index is 469. The molecule has 0 heterocycles. The monoisotopic (exact) mass is 355 g/mol. The third-order valence-electron chi connectivity index (χ3n) is 4.95. The van der Waals surface area contributed by atoms with Crippen LogP contribution in [-0.4, -0.2) is 36.8 Å². The van der Waals surface area contributed by atoms with E-state index in [2.05, 4.69) is 31.1 Å². The van der Waals surface area contributed by atoms with Crippen molar-refractivity contribution in [3.05, 3.63) is 29.8 Å². The largest absolute Gasteiger partial charge is 0.491 e. The average molecular weight is 356 g/mol. The standard InChI is InChI=1S/C20H33NO2.ClH/c1-16(2)23-19-12-10-18(11-13-19)20(22,14-15-21(3)4)17-8-6-5-7-9-17;/h10-13,16-17,22H,5-9,14-15H2,1-4H3;1H. The maximum Gasteiger partial charge on any atom is 0.119 e. The molecule has 1 aromatic carbocycles.